The third-order valence-corrected chi connectivity index (χ3v) is 10.1. The van der Waals surface area contributed by atoms with Crippen molar-refractivity contribution in [3.8, 4) is 23.1 Å². The number of nitrogens with zero attached hydrogens (tertiary/aromatic N) is 4. The largest absolute Gasteiger partial charge is 0.453 e. The summed E-state index contributed by atoms with van der Waals surface area (Å²) < 4.78 is 4.74. The normalized spacial score (nSPS) is 17.3. The zero-order chi connectivity index (χ0) is 35.5. The van der Waals surface area contributed by atoms with Crippen LogP contribution in [0, 0.1) is 29.6 Å². The van der Waals surface area contributed by atoms with Crippen LogP contribution in [0.4, 0.5) is 4.79 Å². The summed E-state index contributed by atoms with van der Waals surface area (Å²) >= 11 is 0. The lowest BCUT2D eigenvalue weighted by molar-refractivity contribution is -0.137. The number of methoxy groups -OCH3 is 1. The average Bonchev–Trinajstić information content (AvgIpc) is 3.94. The van der Waals surface area contributed by atoms with Gasteiger partial charge in [-0.05, 0) is 73.4 Å². The number of carbonyl (C=O) groups is 3. The smallest absolute Gasteiger partial charge is 0.407 e. The first-order valence-electron chi connectivity index (χ1n) is 17.7. The first-order chi connectivity index (χ1) is 24.0. The zero-order valence-electron chi connectivity index (χ0n) is 31.7. The van der Waals surface area contributed by atoms with Crippen molar-refractivity contribution in [3.63, 3.8) is 0 Å². The molecule has 0 spiro atoms. The SMILES string of the molecule is COC(=O)N[C@H](C(=O)N1CCC[C@H]1c1ncc(-c2ccc(C#Cc3ccc4nc([C@@H]5CCCN5C(=O)[C@@H](C)C(C)C)[nH]c4c3)cc2)[nH]1)C(C)C.S.S.S.S. The Morgan fingerprint density at radius 1 is 0.796 bits per heavy atom. The van der Waals surface area contributed by atoms with E-state index in [0.29, 0.717) is 12.5 Å². The number of hydrogen-bond acceptors (Lipinski definition) is 6. The number of nitrogens with one attached hydrogen (secondary N) is 3. The molecule has 0 bridgehead atoms. The average molecular weight is 814 g/mol. The van der Waals surface area contributed by atoms with Crippen molar-refractivity contribution in [3.05, 3.63) is 71.4 Å². The highest BCUT2D eigenvalue weighted by molar-refractivity contribution is 7.59. The van der Waals surface area contributed by atoms with Crippen molar-refractivity contribution in [1.29, 1.82) is 0 Å². The third-order valence-electron chi connectivity index (χ3n) is 10.1. The van der Waals surface area contributed by atoms with Crippen LogP contribution in [-0.4, -0.2) is 73.9 Å². The second-order valence-corrected chi connectivity index (χ2v) is 14.1. The molecule has 0 unspecified atom stereocenters. The predicted octanol–water partition coefficient (Wildman–Crippen LogP) is 6.80. The van der Waals surface area contributed by atoms with Gasteiger partial charge in [0.2, 0.25) is 11.8 Å². The second kappa shape index (κ2) is 20.3. The maximum atomic E-state index is 13.5. The van der Waals surface area contributed by atoms with Gasteiger partial charge in [-0.2, -0.15) is 54.0 Å². The standard InChI is InChI=1S/C39H47N7O4.4H2S/c1-23(2)25(5)37(47)45-19-8-10-33(45)36-41-29-18-15-27(21-30(29)42-36)12-11-26-13-16-28(17-14-26)31-22-40-35(43-31)32-9-7-20-46(32)38(48)34(24(3)4)44-39(49)50-6;;;;/h13-18,21-25,32-34H,7-10,19-20H2,1-6H3,(H,40,43)(H,41,42)(H,44,49);4*1H2/t25-,32-,33-,34-;;;;/m0..../s1. The van der Waals surface area contributed by atoms with E-state index < -0.39 is 12.1 Å². The van der Waals surface area contributed by atoms with E-state index in [1.807, 2.05) is 73.0 Å². The van der Waals surface area contributed by atoms with E-state index in [0.717, 1.165) is 77.3 Å². The minimum atomic E-state index is -0.678. The van der Waals surface area contributed by atoms with Crippen LogP contribution >= 0.6 is 54.0 Å². The minimum Gasteiger partial charge on any atom is -0.453 e. The van der Waals surface area contributed by atoms with E-state index >= 15 is 0 Å². The molecule has 4 aromatic rings. The molecule has 2 saturated heterocycles. The molecule has 3 N–H and O–H groups in total. The number of hydrogen-bond donors (Lipinski definition) is 3. The van der Waals surface area contributed by atoms with E-state index in [2.05, 4.69) is 46.0 Å². The van der Waals surface area contributed by atoms with Crippen molar-refractivity contribution >= 4 is 82.9 Å². The van der Waals surface area contributed by atoms with E-state index in [9.17, 15) is 14.4 Å². The molecule has 0 aliphatic carbocycles. The van der Waals surface area contributed by atoms with Gasteiger partial charge in [-0.3, -0.25) is 9.59 Å². The van der Waals surface area contributed by atoms with Crippen molar-refractivity contribution in [2.45, 2.75) is 78.4 Å². The van der Waals surface area contributed by atoms with Gasteiger partial charge >= 0.3 is 6.09 Å². The van der Waals surface area contributed by atoms with Gasteiger partial charge in [0.1, 0.15) is 17.7 Å². The van der Waals surface area contributed by atoms with E-state index in [1.54, 1.807) is 6.20 Å². The molecule has 2 aliphatic rings. The predicted molar refractivity (Wildman–Crippen MR) is 233 cm³/mol. The first kappa shape index (κ1) is 46.4. The fourth-order valence-corrected chi connectivity index (χ4v) is 6.85. The van der Waals surface area contributed by atoms with Gasteiger partial charge in [0.05, 0.1) is 42.1 Å². The van der Waals surface area contributed by atoms with Gasteiger partial charge in [-0.25, -0.2) is 14.8 Å². The Balaban J connectivity index is 0.00000252. The van der Waals surface area contributed by atoms with E-state index in [-0.39, 0.29) is 89.7 Å². The Bertz CT molecular complexity index is 1940. The number of aromatic nitrogens is 4. The van der Waals surface area contributed by atoms with Crippen LogP contribution < -0.4 is 5.32 Å². The summed E-state index contributed by atoms with van der Waals surface area (Å²) in [6.45, 7) is 11.4. The number of benzene rings is 2. The van der Waals surface area contributed by atoms with Gasteiger partial charge in [0, 0.05) is 30.1 Å². The number of fused-ring (bicyclic) bond motifs is 1. The molecule has 0 saturated carbocycles. The van der Waals surface area contributed by atoms with Crippen LogP contribution in [0.15, 0.2) is 48.7 Å². The van der Waals surface area contributed by atoms with Gasteiger partial charge in [-0.1, -0.05) is 58.6 Å². The van der Waals surface area contributed by atoms with Gasteiger partial charge < -0.3 is 29.8 Å². The number of ether oxygens (including phenoxy) is 1. The number of amides is 3. The molecule has 294 valence electrons. The van der Waals surface area contributed by atoms with Gasteiger partial charge in [0.15, 0.2) is 0 Å². The van der Waals surface area contributed by atoms with E-state index in [1.165, 1.54) is 7.11 Å². The molecule has 4 heterocycles. The topological polar surface area (TPSA) is 136 Å². The molecule has 3 amide bonds. The van der Waals surface area contributed by atoms with E-state index in [4.69, 9.17) is 9.72 Å². The number of rotatable bonds is 8. The highest BCUT2D eigenvalue weighted by Crippen LogP contribution is 2.34. The number of imidazole rings is 2. The molecule has 54 heavy (non-hydrogen) atoms. The number of H-pyrrole nitrogens is 2. The molecule has 0 radical (unpaired) electrons. The van der Waals surface area contributed by atoms with Crippen molar-refractivity contribution in [1.82, 2.24) is 35.1 Å². The van der Waals surface area contributed by atoms with Crippen LogP contribution in [0.3, 0.4) is 0 Å². The summed E-state index contributed by atoms with van der Waals surface area (Å²) in [5, 5.41) is 2.69. The van der Waals surface area contributed by atoms with Crippen LogP contribution in [-0.2, 0) is 14.3 Å². The lowest BCUT2D eigenvalue weighted by Crippen LogP contribution is -2.51. The highest BCUT2D eigenvalue weighted by atomic mass is 32.1. The number of aromatic amines is 2. The first-order valence-corrected chi connectivity index (χ1v) is 17.7. The summed E-state index contributed by atoms with van der Waals surface area (Å²) in [7, 11) is 1.29. The van der Waals surface area contributed by atoms with Gasteiger partial charge in [0.25, 0.3) is 0 Å². The summed E-state index contributed by atoms with van der Waals surface area (Å²) in [4.78, 5) is 58.7. The van der Waals surface area contributed by atoms with Crippen molar-refractivity contribution in [2.75, 3.05) is 20.2 Å². The monoisotopic (exact) mass is 813 g/mol. The van der Waals surface area contributed by atoms with Crippen LogP contribution in [0.25, 0.3) is 22.3 Å². The molecule has 2 aromatic carbocycles. The maximum absolute atomic E-state index is 13.5. The molecule has 2 fully saturated rings. The summed E-state index contributed by atoms with van der Waals surface area (Å²) in [6, 6.07) is 13.1. The molecule has 6 rings (SSSR count). The Morgan fingerprint density at radius 3 is 2.00 bits per heavy atom. The Kier molecular flexibility index (Phi) is 17.4. The molecule has 2 aliphatic heterocycles. The second-order valence-electron chi connectivity index (χ2n) is 14.1. The van der Waals surface area contributed by atoms with Crippen LogP contribution in [0.1, 0.15) is 95.2 Å². The molecule has 2 aromatic heterocycles. The number of alkyl carbamates (subject to hydrolysis) is 1. The Labute approximate surface area is 346 Å². The summed E-state index contributed by atoms with van der Waals surface area (Å²) in [5.74, 6) is 8.37. The fourth-order valence-electron chi connectivity index (χ4n) is 6.85. The van der Waals surface area contributed by atoms with Crippen LogP contribution in [0.5, 0.6) is 0 Å². The summed E-state index contributed by atoms with van der Waals surface area (Å²) in [5.41, 5.74) is 5.35. The van der Waals surface area contributed by atoms with Crippen molar-refractivity contribution in [2.24, 2.45) is 17.8 Å². The molecule has 4 atom stereocenters. The fraction of sp³-hybridized carbons (Fsp3) is 0.462. The number of likely N-dealkylation sites (tertiary alicyclic amines) is 2. The lowest BCUT2D eigenvalue weighted by atomic mass is 9.96. The number of carbonyl (C=O) groups excluding carboxylic acids is 3. The molecule has 15 heteroatoms. The minimum absolute atomic E-state index is 0. The summed E-state index contributed by atoms with van der Waals surface area (Å²) in [6.07, 6.45) is 4.71. The lowest BCUT2D eigenvalue weighted by Gasteiger charge is -2.30. The molecule has 11 nitrogen and oxygen atoms in total. The van der Waals surface area contributed by atoms with Crippen LogP contribution in [0.2, 0.25) is 0 Å². The Hall–Kier alpha value is -3.71. The zero-order valence-corrected chi connectivity index (χ0v) is 35.7. The molecular weight excluding hydrogens is 759 g/mol. The quantitative estimate of drug-likeness (QED) is 0.168. The third kappa shape index (κ3) is 10.1. The molecular formula is C39H55N7O4S4. The van der Waals surface area contributed by atoms with Crippen molar-refractivity contribution < 1.29 is 19.1 Å². The maximum Gasteiger partial charge on any atom is 0.407 e. The Morgan fingerprint density at radius 2 is 1.39 bits per heavy atom. The highest BCUT2D eigenvalue weighted by Gasteiger charge is 2.38. The van der Waals surface area contributed by atoms with Gasteiger partial charge in [-0.15, -0.1) is 0 Å².